The summed E-state index contributed by atoms with van der Waals surface area (Å²) in [5.41, 5.74) is 2.75. The fourth-order valence-electron chi connectivity index (χ4n) is 1.98. The molecule has 2 aromatic carbocycles. The molecule has 100 valence electrons. The van der Waals surface area contributed by atoms with E-state index in [-0.39, 0.29) is 0 Å². The summed E-state index contributed by atoms with van der Waals surface area (Å²) in [6, 6.07) is 11.7. The van der Waals surface area contributed by atoms with Crippen LogP contribution in [0.3, 0.4) is 0 Å². The number of hydrogen-bond donors (Lipinski definition) is 1. The third-order valence-corrected chi connectivity index (χ3v) is 4.38. The standard InChI is InChI=1S/C15H14BrIO2/c1-9-7-10(3-6-14(9)19-2)15(18)12-8-11(17)4-5-13(12)16/h3-8,15,18H,1-2H3. The number of aryl methyl sites for hydroxylation is 1. The maximum Gasteiger partial charge on any atom is 0.121 e. The molecule has 0 radical (unpaired) electrons. The third kappa shape index (κ3) is 3.30. The van der Waals surface area contributed by atoms with Gasteiger partial charge in [-0.05, 0) is 71.0 Å². The van der Waals surface area contributed by atoms with Gasteiger partial charge in [0, 0.05) is 13.6 Å². The van der Waals surface area contributed by atoms with Crippen LogP contribution in [0.1, 0.15) is 22.8 Å². The zero-order chi connectivity index (χ0) is 14.0. The van der Waals surface area contributed by atoms with E-state index in [2.05, 4.69) is 38.5 Å². The monoisotopic (exact) mass is 432 g/mol. The molecule has 0 aliphatic carbocycles. The van der Waals surface area contributed by atoms with E-state index in [1.807, 2.05) is 43.3 Å². The van der Waals surface area contributed by atoms with Crippen LogP contribution in [0.25, 0.3) is 0 Å². The van der Waals surface area contributed by atoms with Crippen molar-refractivity contribution in [2.75, 3.05) is 7.11 Å². The van der Waals surface area contributed by atoms with E-state index in [1.165, 1.54) is 0 Å². The Hall–Kier alpha value is -0.590. The van der Waals surface area contributed by atoms with Gasteiger partial charge in [-0.25, -0.2) is 0 Å². The molecule has 0 fully saturated rings. The number of aliphatic hydroxyl groups is 1. The smallest absolute Gasteiger partial charge is 0.121 e. The van der Waals surface area contributed by atoms with Crippen molar-refractivity contribution in [1.29, 1.82) is 0 Å². The van der Waals surface area contributed by atoms with Gasteiger partial charge in [0.05, 0.1) is 7.11 Å². The van der Waals surface area contributed by atoms with Gasteiger partial charge in [0.15, 0.2) is 0 Å². The molecule has 0 heterocycles. The molecule has 2 rings (SSSR count). The fourth-order valence-corrected chi connectivity index (χ4v) is 2.95. The van der Waals surface area contributed by atoms with Gasteiger partial charge in [0.2, 0.25) is 0 Å². The van der Waals surface area contributed by atoms with Gasteiger partial charge in [0.1, 0.15) is 11.9 Å². The van der Waals surface area contributed by atoms with Crippen LogP contribution in [0.2, 0.25) is 0 Å². The van der Waals surface area contributed by atoms with Gasteiger partial charge in [-0.2, -0.15) is 0 Å². The molecule has 0 aromatic heterocycles. The summed E-state index contributed by atoms with van der Waals surface area (Å²) in [4.78, 5) is 0. The lowest BCUT2D eigenvalue weighted by Gasteiger charge is -2.15. The second kappa shape index (κ2) is 6.24. The number of halogens is 2. The third-order valence-electron chi connectivity index (χ3n) is 2.99. The lowest BCUT2D eigenvalue weighted by atomic mass is 10.00. The molecular formula is C15H14BrIO2. The normalized spacial score (nSPS) is 12.3. The van der Waals surface area contributed by atoms with Crippen LogP contribution >= 0.6 is 38.5 Å². The van der Waals surface area contributed by atoms with Crippen LogP contribution in [0.5, 0.6) is 5.75 Å². The quantitative estimate of drug-likeness (QED) is 0.726. The molecule has 2 aromatic rings. The first-order valence-corrected chi connectivity index (χ1v) is 7.67. The molecule has 1 unspecified atom stereocenters. The van der Waals surface area contributed by atoms with E-state index in [1.54, 1.807) is 7.11 Å². The van der Waals surface area contributed by atoms with E-state index >= 15 is 0 Å². The summed E-state index contributed by atoms with van der Waals surface area (Å²) in [6.07, 6.45) is -0.645. The van der Waals surface area contributed by atoms with E-state index in [4.69, 9.17) is 4.74 Å². The Labute approximate surface area is 135 Å². The number of aliphatic hydroxyl groups excluding tert-OH is 1. The Kier molecular flexibility index (Phi) is 4.86. The van der Waals surface area contributed by atoms with Crippen molar-refractivity contribution in [1.82, 2.24) is 0 Å². The molecule has 0 bridgehead atoms. The lowest BCUT2D eigenvalue weighted by molar-refractivity contribution is 0.219. The summed E-state index contributed by atoms with van der Waals surface area (Å²) in [5, 5.41) is 10.5. The molecule has 1 atom stereocenters. The Balaban J connectivity index is 2.41. The first-order valence-electron chi connectivity index (χ1n) is 5.80. The second-order valence-electron chi connectivity index (χ2n) is 4.30. The Bertz CT molecular complexity index is 599. The summed E-state index contributed by atoms with van der Waals surface area (Å²) in [7, 11) is 1.65. The first kappa shape index (κ1) is 14.8. The van der Waals surface area contributed by atoms with Crippen LogP contribution in [0.15, 0.2) is 40.9 Å². The zero-order valence-corrected chi connectivity index (χ0v) is 14.4. The maximum absolute atomic E-state index is 10.5. The minimum atomic E-state index is -0.645. The molecule has 4 heteroatoms. The van der Waals surface area contributed by atoms with E-state index in [9.17, 15) is 5.11 Å². The van der Waals surface area contributed by atoms with Crippen molar-refractivity contribution in [3.8, 4) is 5.75 Å². The summed E-state index contributed by atoms with van der Waals surface area (Å²) in [6.45, 7) is 1.97. The van der Waals surface area contributed by atoms with Gasteiger partial charge in [-0.3, -0.25) is 0 Å². The molecular weight excluding hydrogens is 419 g/mol. The highest BCUT2D eigenvalue weighted by molar-refractivity contribution is 14.1. The highest BCUT2D eigenvalue weighted by Gasteiger charge is 2.15. The van der Waals surface area contributed by atoms with Crippen LogP contribution in [0, 0.1) is 10.5 Å². The largest absolute Gasteiger partial charge is 0.496 e. The number of benzene rings is 2. The molecule has 0 spiro atoms. The SMILES string of the molecule is COc1ccc(C(O)c2cc(I)ccc2Br)cc1C. The fraction of sp³-hybridized carbons (Fsp3) is 0.200. The topological polar surface area (TPSA) is 29.5 Å². The molecule has 0 aliphatic heterocycles. The van der Waals surface area contributed by atoms with Gasteiger partial charge in [-0.15, -0.1) is 0 Å². The Morgan fingerprint density at radius 3 is 2.58 bits per heavy atom. The van der Waals surface area contributed by atoms with Crippen molar-refractivity contribution >= 4 is 38.5 Å². The summed E-state index contributed by atoms with van der Waals surface area (Å²) < 4.78 is 7.24. The highest BCUT2D eigenvalue weighted by Crippen LogP contribution is 2.31. The molecule has 0 amide bonds. The van der Waals surface area contributed by atoms with Gasteiger partial charge < -0.3 is 9.84 Å². The minimum Gasteiger partial charge on any atom is -0.496 e. The minimum absolute atomic E-state index is 0.645. The molecule has 0 saturated carbocycles. The summed E-state index contributed by atoms with van der Waals surface area (Å²) in [5.74, 6) is 0.831. The van der Waals surface area contributed by atoms with Gasteiger partial charge in [-0.1, -0.05) is 22.0 Å². The van der Waals surface area contributed by atoms with Crippen LogP contribution in [0.4, 0.5) is 0 Å². The van der Waals surface area contributed by atoms with Crippen LogP contribution in [-0.2, 0) is 0 Å². The van der Waals surface area contributed by atoms with Crippen LogP contribution < -0.4 is 4.74 Å². The van der Waals surface area contributed by atoms with Crippen molar-refractivity contribution in [3.63, 3.8) is 0 Å². The molecule has 2 nitrogen and oxygen atoms in total. The van der Waals surface area contributed by atoms with E-state index in [0.717, 1.165) is 30.5 Å². The predicted octanol–water partition coefficient (Wildman–Crippen LogP) is 4.45. The van der Waals surface area contributed by atoms with Crippen molar-refractivity contribution in [2.45, 2.75) is 13.0 Å². The van der Waals surface area contributed by atoms with Gasteiger partial charge in [0.25, 0.3) is 0 Å². The first-order chi connectivity index (χ1) is 9.02. The van der Waals surface area contributed by atoms with Crippen molar-refractivity contribution in [2.24, 2.45) is 0 Å². The summed E-state index contributed by atoms with van der Waals surface area (Å²) >= 11 is 5.73. The zero-order valence-electron chi connectivity index (χ0n) is 10.7. The highest BCUT2D eigenvalue weighted by atomic mass is 127. The average molecular weight is 433 g/mol. The number of ether oxygens (including phenoxy) is 1. The Morgan fingerprint density at radius 2 is 1.95 bits per heavy atom. The lowest BCUT2D eigenvalue weighted by Crippen LogP contribution is -2.02. The van der Waals surface area contributed by atoms with Crippen molar-refractivity contribution < 1.29 is 9.84 Å². The molecule has 19 heavy (non-hydrogen) atoms. The average Bonchev–Trinajstić information content (AvgIpc) is 2.40. The van der Waals surface area contributed by atoms with Gasteiger partial charge >= 0.3 is 0 Å². The van der Waals surface area contributed by atoms with Crippen molar-refractivity contribution in [3.05, 3.63) is 61.1 Å². The van der Waals surface area contributed by atoms with E-state index < -0.39 is 6.10 Å². The number of rotatable bonds is 3. The predicted molar refractivity (Wildman–Crippen MR) is 88.7 cm³/mol. The molecule has 1 N–H and O–H groups in total. The number of hydrogen-bond acceptors (Lipinski definition) is 2. The van der Waals surface area contributed by atoms with E-state index in [0.29, 0.717) is 0 Å². The molecule has 0 saturated heterocycles. The maximum atomic E-state index is 10.5. The van der Waals surface area contributed by atoms with Crippen LogP contribution in [-0.4, -0.2) is 12.2 Å². The second-order valence-corrected chi connectivity index (χ2v) is 6.40. The molecule has 0 aliphatic rings. The number of methoxy groups -OCH3 is 1. The Morgan fingerprint density at radius 1 is 1.21 bits per heavy atom.